The van der Waals surface area contributed by atoms with Gasteiger partial charge in [-0.05, 0) is 113 Å². The fourth-order valence-corrected chi connectivity index (χ4v) is 5.04. The monoisotopic (exact) mass is 517 g/mol. The summed E-state index contributed by atoms with van der Waals surface area (Å²) >= 11 is 0. The number of rotatable bonds is 14. The maximum Gasteiger partial charge on any atom is 0.200 e. The summed E-state index contributed by atoms with van der Waals surface area (Å²) in [6, 6.07) is 8.81. The van der Waals surface area contributed by atoms with Crippen LogP contribution in [0.4, 0.5) is 0 Å². The van der Waals surface area contributed by atoms with Gasteiger partial charge in [0.1, 0.15) is 0 Å². The van der Waals surface area contributed by atoms with Gasteiger partial charge in [0.25, 0.3) is 0 Å². The minimum absolute atomic E-state index is 0.0515. The van der Waals surface area contributed by atoms with Crippen molar-refractivity contribution in [3.63, 3.8) is 0 Å². The first-order valence-electron chi connectivity index (χ1n) is 13.3. The fraction of sp³-hybridized carbons (Fsp3) is 0.586. The van der Waals surface area contributed by atoms with E-state index in [9.17, 15) is 20.4 Å². The number of phenols is 2. The van der Waals surface area contributed by atoms with Crippen molar-refractivity contribution in [2.75, 3.05) is 27.8 Å². The zero-order chi connectivity index (χ0) is 26.8. The first-order chi connectivity index (χ1) is 17.8. The molecule has 1 saturated carbocycles. The third-order valence-electron chi connectivity index (χ3n) is 7.22. The van der Waals surface area contributed by atoms with Crippen molar-refractivity contribution in [2.45, 2.75) is 76.1 Å². The minimum atomic E-state index is -0.669. The van der Waals surface area contributed by atoms with Crippen LogP contribution in [0.3, 0.4) is 0 Å². The molecule has 2 atom stereocenters. The number of ether oxygens (including phenoxy) is 3. The average molecular weight is 518 g/mol. The zero-order valence-electron chi connectivity index (χ0n) is 22.3. The van der Waals surface area contributed by atoms with Crippen molar-refractivity contribution >= 4 is 0 Å². The van der Waals surface area contributed by atoms with E-state index in [1.807, 2.05) is 19.2 Å². The molecular formula is C29H43NO7. The van der Waals surface area contributed by atoms with Crippen LogP contribution in [-0.4, -0.2) is 66.6 Å². The van der Waals surface area contributed by atoms with E-state index >= 15 is 0 Å². The van der Waals surface area contributed by atoms with Crippen LogP contribution >= 0.6 is 0 Å². The molecule has 0 saturated heterocycles. The molecule has 1 fully saturated rings. The molecule has 0 spiro atoms. The van der Waals surface area contributed by atoms with Gasteiger partial charge in [-0.3, -0.25) is 0 Å². The predicted molar refractivity (Wildman–Crippen MR) is 143 cm³/mol. The van der Waals surface area contributed by atoms with E-state index in [1.165, 1.54) is 14.2 Å². The highest BCUT2D eigenvalue weighted by Crippen LogP contribution is 2.37. The van der Waals surface area contributed by atoms with Crippen LogP contribution in [0.2, 0.25) is 0 Å². The lowest BCUT2D eigenvalue weighted by Crippen LogP contribution is -2.29. The molecule has 1 aliphatic carbocycles. The summed E-state index contributed by atoms with van der Waals surface area (Å²) in [4.78, 5) is 0. The van der Waals surface area contributed by atoms with Gasteiger partial charge >= 0.3 is 0 Å². The highest BCUT2D eigenvalue weighted by Gasteiger charge is 2.23. The maximum absolute atomic E-state index is 10.5. The number of aliphatic hydroxyl groups is 2. The molecule has 0 aromatic heterocycles. The molecule has 5 N–H and O–H groups in total. The van der Waals surface area contributed by atoms with E-state index in [0.29, 0.717) is 48.8 Å². The van der Waals surface area contributed by atoms with Crippen molar-refractivity contribution < 1.29 is 34.6 Å². The Balaban J connectivity index is 1.45. The number of aromatic hydroxyl groups is 2. The van der Waals surface area contributed by atoms with E-state index in [-0.39, 0.29) is 24.0 Å². The van der Waals surface area contributed by atoms with Gasteiger partial charge in [0.2, 0.25) is 5.75 Å². The van der Waals surface area contributed by atoms with Crippen LogP contribution < -0.4 is 19.5 Å². The average Bonchev–Trinajstić information content (AvgIpc) is 2.89. The smallest absolute Gasteiger partial charge is 0.200 e. The minimum Gasteiger partial charge on any atom is -0.504 e. The largest absolute Gasteiger partial charge is 0.504 e. The van der Waals surface area contributed by atoms with Crippen LogP contribution in [0.15, 0.2) is 30.3 Å². The highest BCUT2D eigenvalue weighted by molar-refractivity contribution is 5.52. The number of benzene rings is 2. The molecule has 2 aromatic rings. The van der Waals surface area contributed by atoms with E-state index in [2.05, 4.69) is 5.32 Å². The van der Waals surface area contributed by atoms with E-state index < -0.39 is 12.2 Å². The molecule has 0 aliphatic heterocycles. The summed E-state index contributed by atoms with van der Waals surface area (Å²) in [5.74, 6) is 1.92. The second-order valence-electron chi connectivity index (χ2n) is 10.1. The molecule has 1 aliphatic rings. The lowest BCUT2D eigenvalue weighted by molar-refractivity contribution is 0.0713. The van der Waals surface area contributed by atoms with E-state index in [0.717, 1.165) is 43.4 Å². The van der Waals surface area contributed by atoms with Crippen LogP contribution in [-0.2, 0) is 12.8 Å². The Morgan fingerprint density at radius 3 is 1.97 bits per heavy atom. The lowest BCUT2D eigenvalue weighted by Gasteiger charge is -2.29. The summed E-state index contributed by atoms with van der Waals surface area (Å²) in [6.45, 7) is 1.03. The molecule has 0 heterocycles. The molecule has 2 aromatic carbocycles. The van der Waals surface area contributed by atoms with Crippen molar-refractivity contribution in [1.82, 2.24) is 5.32 Å². The molecule has 0 radical (unpaired) electrons. The molecule has 3 rings (SSSR count). The first kappa shape index (κ1) is 28.9. The standard InChI is InChI=1S/C29H43NO7/c1-30-18-20-6-11-24(12-7-20)37-26-14-19(8-13-25(26)33)4-9-22(31)17-23(32)10-5-21-15-27(35-2)29(34)28(16-21)36-3/h8,13-16,20,22-24,30-34H,4-7,9-12,17-18H2,1-3H3/t20?,22-,23-,24?/m0/s1. The van der Waals surface area contributed by atoms with Gasteiger partial charge in [0, 0.05) is 0 Å². The molecule has 37 heavy (non-hydrogen) atoms. The first-order valence-corrected chi connectivity index (χ1v) is 13.3. The van der Waals surface area contributed by atoms with Crippen LogP contribution in [0.25, 0.3) is 0 Å². The van der Waals surface area contributed by atoms with Crippen molar-refractivity contribution in [2.24, 2.45) is 5.92 Å². The van der Waals surface area contributed by atoms with E-state index in [1.54, 1.807) is 18.2 Å². The zero-order valence-corrected chi connectivity index (χ0v) is 22.3. The molecule has 0 unspecified atom stereocenters. The Bertz CT molecular complexity index is 950. The second-order valence-corrected chi connectivity index (χ2v) is 10.1. The fourth-order valence-electron chi connectivity index (χ4n) is 5.04. The van der Waals surface area contributed by atoms with Gasteiger partial charge in [0.15, 0.2) is 23.0 Å². The second kappa shape index (κ2) is 14.3. The Morgan fingerprint density at radius 1 is 0.838 bits per heavy atom. The molecule has 8 nitrogen and oxygen atoms in total. The number of aliphatic hydroxyl groups excluding tert-OH is 2. The Hall–Kier alpha value is -2.68. The molecular weight excluding hydrogens is 474 g/mol. The summed E-state index contributed by atoms with van der Waals surface area (Å²) in [6.07, 6.45) is 5.39. The summed E-state index contributed by atoms with van der Waals surface area (Å²) in [5, 5.41) is 44.6. The van der Waals surface area contributed by atoms with Gasteiger partial charge in [-0.15, -0.1) is 0 Å². The summed E-state index contributed by atoms with van der Waals surface area (Å²) < 4.78 is 16.5. The summed E-state index contributed by atoms with van der Waals surface area (Å²) in [7, 11) is 4.93. The normalized spacial score (nSPS) is 19.3. The van der Waals surface area contributed by atoms with Crippen molar-refractivity contribution in [3.8, 4) is 28.7 Å². The predicted octanol–water partition coefficient (Wildman–Crippen LogP) is 3.95. The molecule has 0 amide bonds. The number of nitrogens with one attached hydrogen (secondary N) is 1. The van der Waals surface area contributed by atoms with Gasteiger partial charge in [-0.25, -0.2) is 0 Å². The number of hydrogen-bond donors (Lipinski definition) is 5. The number of hydrogen-bond acceptors (Lipinski definition) is 8. The van der Waals surface area contributed by atoms with Gasteiger partial charge < -0.3 is 40.0 Å². The topological polar surface area (TPSA) is 121 Å². The SMILES string of the molecule is CNCC1CCC(Oc2cc(CC[C@H](O)C[C@@H](O)CCc3cc(OC)c(O)c(OC)c3)ccc2O)CC1. The molecule has 206 valence electrons. The number of aryl methyl sites for hydroxylation is 2. The number of methoxy groups -OCH3 is 2. The summed E-state index contributed by atoms with van der Waals surface area (Å²) in [5.41, 5.74) is 1.85. The van der Waals surface area contributed by atoms with Gasteiger partial charge in [-0.2, -0.15) is 0 Å². The van der Waals surface area contributed by atoms with Gasteiger partial charge in [-0.1, -0.05) is 6.07 Å². The van der Waals surface area contributed by atoms with Crippen LogP contribution in [0.1, 0.15) is 56.1 Å². The molecule has 0 bridgehead atoms. The third-order valence-corrected chi connectivity index (χ3v) is 7.22. The van der Waals surface area contributed by atoms with Crippen molar-refractivity contribution in [3.05, 3.63) is 41.5 Å². The van der Waals surface area contributed by atoms with E-state index in [4.69, 9.17) is 14.2 Å². The van der Waals surface area contributed by atoms with Gasteiger partial charge in [0.05, 0.1) is 32.5 Å². The maximum atomic E-state index is 10.5. The van der Waals surface area contributed by atoms with Crippen molar-refractivity contribution in [1.29, 1.82) is 0 Å². The Labute approximate surface area is 220 Å². The number of phenolic OH excluding ortho intramolecular Hbond substituents is 2. The Morgan fingerprint density at radius 2 is 1.41 bits per heavy atom. The molecule has 8 heteroatoms. The highest BCUT2D eigenvalue weighted by atomic mass is 16.5. The Kier molecular flexibility index (Phi) is 11.2. The third kappa shape index (κ3) is 8.69. The quantitative estimate of drug-likeness (QED) is 0.256. The lowest BCUT2D eigenvalue weighted by atomic mass is 9.87. The van der Waals surface area contributed by atoms with Crippen LogP contribution in [0, 0.1) is 5.92 Å². The van der Waals surface area contributed by atoms with Crippen LogP contribution in [0.5, 0.6) is 28.7 Å².